The summed E-state index contributed by atoms with van der Waals surface area (Å²) in [6.45, 7) is 3.00. The van der Waals surface area contributed by atoms with Crippen molar-refractivity contribution >= 4 is 39.1 Å². The molecule has 5 nitrogen and oxygen atoms in total. The number of benzene rings is 3. The first-order valence-corrected chi connectivity index (χ1v) is 11.5. The zero-order valence-corrected chi connectivity index (χ0v) is 18.6. The Morgan fingerprint density at radius 1 is 1.06 bits per heavy atom. The van der Waals surface area contributed by atoms with Gasteiger partial charge in [0.2, 0.25) is 11.8 Å². The highest BCUT2D eigenvalue weighted by Gasteiger charge is 2.34. The summed E-state index contributed by atoms with van der Waals surface area (Å²) >= 11 is 1.60. The Labute approximate surface area is 190 Å². The molecule has 160 valence electrons. The van der Waals surface area contributed by atoms with Gasteiger partial charge >= 0.3 is 0 Å². The molecule has 6 heteroatoms. The fourth-order valence-electron chi connectivity index (χ4n) is 4.02. The zero-order chi connectivity index (χ0) is 22.1. The monoisotopic (exact) mass is 441 g/mol. The van der Waals surface area contributed by atoms with Crippen LogP contribution in [0.25, 0.3) is 20.8 Å². The number of hydrogen-bond donors (Lipinski definition) is 1. The van der Waals surface area contributed by atoms with E-state index >= 15 is 0 Å². The summed E-state index contributed by atoms with van der Waals surface area (Å²) < 4.78 is 1.11. The van der Waals surface area contributed by atoms with Gasteiger partial charge in [-0.25, -0.2) is 4.98 Å². The average molecular weight is 442 g/mol. The minimum absolute atomic E-state index is 0.0187. The van der Waals surface area contributed by atoms with E-state index in [1.807, 2.05) is 79.7 Å². The maximum Gasteiger partial charge on any atom is 0.229 e. The van der Waals surface area contributed by atoms with Crippen LogP contribution in [0, 0.1) is 12.8 Å². The number of hydrogen-bond acceptors (Lipinski definition) is 4. The van der Waals surface area contributed by atoms with Crippen LogP contribution >= 0.6 is 11.3 Å². The van der Waals surface area contributed by atoms with E-state index in [-0.39, 0.29) is 24.2 Å². The number of nitrogens with zero attached hydrogens (tertiary/aromatic N) is 2. The van der Waals surface area contributed by atoms with Crippen LogP contribution in [0.2, 0.25) is 0 Å². The number of rotatable bonds is 5. The zero-order valence-electron chi connectivity index (χ0n) is 17.7. The summed E-state index contributed by atoms with van der Waals surface area (Å²) in [6, 6.07) is 23.9. The number of aryl methyl sites for hydroxylation is 1. The van der Waals surface area contributed by atoms with Crippen LogP contribution in [-0.4, -0.2) is 28.2 Å². The van der Waals surface area contributed by atoms with Crippen LogP contribution in [0.4, 0.5) is 5.69 Å². The molecular weight excluding hydrogens is 418 g/mol. The molecule has 1 unspecified atom stereocenters. The summed E-state index contributed by atoms with van der Waals surface area (Å²) in [5, 5.41) is 3.92. The van der Waals surface area contributed by atoms with Gasteiger partial charge in [0.1, 0.15) is 5.01 Å². The fourth-order valence-corrected chi connectivity index (χ4v) is 5.02. The van der Waals surface area contributed by atoms with E-state index in [0.717, 1.165) is 32.0 Å². The Kier molecular flexibility index (Phi) is 5.45. The Morgan fingerprint density at radius 2 is 1.81 bits per heavy atom. The van der Waals surface area contributed by atoms with Crippen molar-refractivity contribution < 1.29 is 9.59 Å². The molecule has 1 aliphatic heterocycles. The van der Waals surface area contributed by atoms with E-state index in [1.165, 1.54) is 5.56 Å². The van der Waals surface area contributed by atoms with Gasteiger partial charge in [0.15, 0.2) is 0 Å². The fraction of sp³-hybridized carbons (Fsp3) is 0.192. The molecule has 0 aliphatic carbocycles. The predicted molar refractivity (Wildman–Crippen MR) is 128 cm³/mol. The molecule has 2 heterocycles. The van der Waals surface area contributed by atoms with Crippen LogP contribution in [0.3, 0.4) is 0 Å². The van der Waals surface area contributed by atoms with Gasteiger partial charge in [0.05, 0.1) is 21.8 Å². The second-order valence-electron chi connectivity index (χ2n) is 8.18. The Morgan fingerprint density at radius 3 is 2.62 bits per heavy atom. The van der Waals surface area contributed by atoms with Crippen LogP contribution in [0.5, 0.6) is 0 Å². The molecule has 1 atom stereocenters. The largest absolute Gasteiger partial charge is 0.338 e. The first-order chi connectivity index (χ1) is 15.6. The molecule has 1 fully saturated rings. The van der Waals surface area contributed by atoms with E-state index in [4.69, 9.17) is 4.98 Å². The number of thiazole rings is 1. The predicted octanol–water partition coefficient (Wildman–Crippen LogP) is 5.26. The van der Waals surface area contributed by atoms with Crippen LogP contribution in [-0.2, 0) is 16.1 Å². The first kappa shape index (κ1) is 20.4. The van der Waals surface area contributed by atoms with Crippen molar-refractivity contribution in [3.8, 4) is 10.6 Å². The SMILES string of the molecule is Cc1ccc(CN2CC(C(=O)Nc3ccccc3-c3nc4ccccc4s3)CC2=O)cc1. The van der Waals surface area contributed by atoms with E-state index < -0.39 is 0 Å². The highest BCUT2D eigenvalue weighted by molar-refractivity contribution is 7.21. The number of nitrogens with one attached hydrogen (secondary N) is 1. The third-order valence-electron chi connectivity index (χ3n) is 5.79. The highest BCUT2D eigenvalue weighted by atomic mass is 32.1. The van der Waals surface area contributed by atoms with Gasteiger partial charge in [0, 0.05) is 25.1 Å². The molecule has 1 aliphatic rings. The highest BCUT2D eigenvalue weighted by Crippen LogP contribution is 2.35. The Hall–Kier alpha value is -3.51. The normalized spacial score (nSPS) is 16.0. The van der Waals surface area contributed by atoms with Crippen LogP contribution in [0.1, 0.15) is 17.5 Å². The van der Waals surface area contributed by atoms with Gasteiger partial charge in [-0.2, -0.15) is 0 Å². The van der Waals surface area contributed by atoms with Crippen molar-refractivity contribution in [2.75, 3.05) is 11.9 Å². The van der Waals surface area contributed by atoms with Crippen molar-refractivity contribution in [3.05, 3.63) is 83.9 Å². The third kappa shape index (κ3) is 4.14. The lowest BCUT2D eigenvalue weighted by molar-refractivity contribution is -0.128. The maximum atomic E-state index is 13.1. The van der Waals surface area contributed by atoms with Crippen molar-refractivity contribution in [3.63, 3.8) is 0 Å². The lowest BCUT2D eigenvalue weighted by Crippen LogP contribution is -2.28. The smallest absolute Gasteiger partial charge is 0.229 e. The standard InChI is InChI=1S/C26H23N3O2S/c1-17-10-12-18(13-11-17)15-29-16-19(14-24(29)30)25(31)27-21-7-3-2-6-20(21)26-28-22-8-4-5-9-23(22)32-26/h2-13,19H,14-16H2,1H3,(H,27,31). The van der Waals surface area contributed by atoms with Crippen molar-refractivity contribution in [1.29, 1.82) is 0 Å². The topological polar surface area (TPSA) is 62.3 Å². The van der Waals surface area contributed by atoms with Crippen molar-refractivity contribution in [2.45, 2.75) is 19.9 Å². The van der Waals surface area contributed by atoms with Gasteiger partial charge in [-0.15, -0.1) is 11.3 Å². The molecule has 32 heavy (non-hydrogen) atoms. The van der Waals surface area contributed by atoms with Gasteiger partial charge in [0.25, 0.3) is 0 Å². The maximum absolute atomic E-state index is 13.1. The second-order valence-corrected chi connectivity index (χ2v) is 9.21. The molecule has 3 aromatic carbocycles. The van der Waals surface area contributed by atoms with Gasteiger partial charge in [-0.05, 0) is 36.8 Å². The van der Waals surface area contributed by atoms with Crippen molar-refractivity contribution in [2.24, 2.45) is 5.92 Å². The number of anilines is 1. The summed E-state index contributed by atoms with van der Waals surface area (Å²) in [5.41, 5.74) is 4.82. The molecule has 4 aromatic rings. The van der Waals surface area contributed by atoms with Gasteiger partial charge in [-0.3, -0.25) is 9.59 Å². The molecule has 1 aromatic heterocycles. The summed E-state index contributed by atoms with van der Waals surface area (Å²) in [4.78, 5) is 32.1. The number of likely N-dealkylation sites (tertiary alicyclic amines) is 1. The lowest BCUT2D eigenvalue weighted by Gasteiger charge is -2.17. The number of aromatic nitrogens is 1. The molecule has 0 radical (unpaired) electrons. The lowest BCUT2D eigenvalue weighted by atomic mass is 10.1. The van der Waals surface area contributed by atoms with Gasteiger partial charge < -0.3 is 10.2 Å². The molecule has 1 saturated heterocycles. The molecule has 0 spiro atoms. The van der Waals surface area contributed by atoms with E-state index in [9.17, 15) is 9.59 Å². The number of amides is 2. The first-order valence-electron chi connectivity index (χ1n) is 10.7. The van der Waals surface area contributed by atoms with E-state index in [2.05, 4.69) is 5.32 Å². The Bertz CT molecular complexity index is 1260. The molecule has 5 rings (SSSR count). The summed E-state index contributed by atoms with van der Waals surface area (Å²) in [5.74, 6) is -0.472. The molecule has 2 amide bonds. The molecule has 1 N–H and O–H groups in total. The molecule has 0 saturated carbocycles. The minimum Gasteiger partial charge on any atom is -0.338 e. The summed E-state index contributed by atoms with van der Waals surface area (Å²) in [7, 11) is 0. The Balaban J connectivity index is 1.31. The van der Waals surface area contributed by atoms with Crippen LogP contribution < -0.4 is 5.32 Å². The molecular formula is C26H23N3O2S. The number of carbonyl (C=O) groups is 2. The quantitative estimate of drug-likeness (QED) is 0.460. The molecule has 0 bridgehead atoms. The second kappa shape index (κ2) is 8.55. The number of carbonyl (C=O) groups excluding carboxylic acids is 2. The minimum atomic E-state index is -0.364. The average Bonchev–Trinajstić information content (AvgIpc) is 3.39. The number of fused-ring (bicyclic) bond motifs is 1. The van der Waals surface area contributed by atoms with Crippen LogP contribution in [0.15, 0.2) is 72.8 Å². The third-order valence-corrected chi connectivity index (χ3v) is 6.86. The van der Waals surface area contributed by atoms with E-state index in [0.29, 0.717) is 13.1 Å². The van der Waals surface area contributed by atoms with Gasteiger partial charge in [-0.1, -0.05) is 54.1 Å². The van der Waals surface area contributed by atoms with E-state index in [1.54, 1.807) is 16.2 Å². The number of para-hydroxylation sites is 2. The van der Waals surface area contributed by atoms with Crippen molar-refractivity contribution in [1.82, 2.24) is 9.88 Å². The summed E-state index contributed by atoms with van der Waals surface area (Å²) in [6.07, 6.45) is 0.237.